The fourth-order valence-corrected chi connectivity index (χ4v) is 2.99. The van der Waals surface area contributed by atoms with Gasteiger partial charge in [0, 0.05) is 37.0 Å². The van der Waals surface area contributed by atoms with Crippen LogP contribution in [-0.2, 0) is 0 Å². The Morgan fingerprint density at radius 1 is 1.42 bits per heavy atom. The number of nitrogens with one attached hydrogen (secondary N) is 1. The van der Waals surface area contributed by atoms with Gasteiger partial charge in [0.15, 0.2) is 0 Å². The largest absolute Gasteiger partial charge is 0.316 e. The first-order chi connectivity index (χ1) is 5.70. The summed E-state index contributed by atoms with van der Waals surface area (Å²) in [6.07, 6.45) is 1.39. The van der Waals surface area contributed by atoms with Gasteiger partial charge in [-0.25, -0.2) is 0 Å². The second-order valence-electron chi connectivity index (χ2n) is 4.26. The van der Waals surface area contributed by atoms with Crippen LogP contribution in [0.2, 0.25) is 0 Å². The highest BCUT2D eigenvalue weighted by atomic mass is 31.1. The van der Waals surface area contributed by atoms with Crippen molar-refractivity contribution < 1.29 is 0 Å². The van der Waals surface area contributed by atoms with Crippen LogP contribution in [0.3, 0.4) is 0 Å². The van der Waals surface area contributed by atoms with E-state index in [0.717, 1.165) is 0 Å². The van der Waals surface area contributed by atoms with Gasteiger partial charge in [0.05, 0.1) is 0 Å². The quantitative estimate of drug-likeness (QED) is 0.653. The van der Waals surface area contributed by atoms with Crippen LogP contribution in [-0.4, -0.2) is 43.0 Å². The van der Waals surface area contributed by atoms with Gasteiger partial charge in [-0.2, -0.15) is 0 Å². The van der Waals surface area contributed by atoms with Crippen LogP contribution in [0.4, 0.5) is 0 Å². The lowest BCUT2D eigenvalue weighted by Gasteiger charge is -2.48. The maximum absolute atomic E-state index is 3.45. The van der Waals surface area contributed by atoms with E-state index in [1.807, 2.05) is 0 Å². The van der Waals surface area contributed by atoms with E-state index in [9.17, 15) is 0 Å². The van der Waals surface area contributed by atoms with Crippen molar-refractivity contribution in [2.75, 3.05) is 32.7 Å². The van der Waals surface area contributed by atoms with Crippen LogP contribution < -0.4 is 5.32 Å². The molecule has 0 amide bonds. The highest BCUT2D eigenvalue weighted by Crippen LogP contribution is 2.36. The van der Waals surface area contributed by atoms with Crippen molar-refractivity contribution in [2.24, 2.45) is 5.41 Å². The maximum atomic E-state index is 3.45. The zero-order chi connectivity index (χ0) is 8.60. The maximum Gasteiger partial charge on any atom is 0.00943 e. The number of nitrogens with zero attached hydrogens (tertiary/aromatic N) is 1. The zero-order valence-corrected chi connectivity index (χ0v) is 9.73. The first-order valence-electron chi connectivity index (χ1n) is 4.64. The highest BCUT2D eigenvalue weighted by molar-refractivity contribution is 7.37. The molecule has 2 heterocycles. The number of likely N-dealkylation sites (tertiary alicyclic amines) is 1. The van der Waals surface area contributed by atoms with E-state index in [4.69, 9.17) is 0 Å². The summed E-state index contributed by atoms with van der Waals surface area (Å²) in [4.78, 5) is 2.55. The standard InChI is InChI=1S/C8H18N2P2/c11-7(12)3-10-5-8(6-10)1-2-9-4-8/h7,9H,1-6,11-12H2. The molecule has 2 rings (SSSR count). The molecule has 2 unspecified atom stereocenters. The Morgan fingerprint density at radius 2 is 2.17 bits per heavy atom. The van der Waals surface area contributed by atoms with E-state index in [-0.39, 0.29) is 0 Å². The summed E-state index contributed by atoms with van der Waals surface area (Å²) in [5.74, 6) is 0. The van der Waals surface area contributed by atoms with Gasteiger partial charge in [0.1, 0.15) is 0 Å². The topological polar surface area (TPSA) is 15.3 Å². The molecule has 70 valence electrons. The first-order valence-corrected chi connectivity index (χ1v) is 5.98. The molecular formula is C8H18N2P2. The van der Waals surface area contributed by atoms with E-state index in [1.54, 1.807) is 0 Å². The summed E-state index contributed by atoms with van der Waals surface area (Å²) in [5.41, 5.74) is 0.671. The van der Waals surface area contributed by atoms with Gasteiger partial charge in [0.25, 0.3) is 0 Å². The Kier molecular flexibility index (Phi) is 2.72. The molecule has 0 aliphatic carbocycles. The predicted octanol–water partition coefficient (Wildman–Crippen LogP) is 0.358. The van der Waals surface area contributed by atoms with Crippen LogP contribution >= 0.6 is 18.5 Å². The molecule has 4 heteroatoms. The average Bonchev–Trinajstić information content (AvgIpc) is 2.33. The minimum Gasteiger partial charge on any atom is -0.316 e. The molecule has 0 aromatic rings. The lowest BCUT2D eigenvalue weighted by molar-refractivity contribution is 0.0212. The molecule has 2 aliphatic heterocycles. The van der Waals surface area contributed by atoms with Crippen molar-refractivity contribution in [2.45, 2.75) is 11.8 Å². The fourth-order valence-electron chi connectivity index (χ4n) is 2.40. The zero-order valence-electron chi connectivity index (χ0n) is 7.42. The average molecular weight is 204 g/mol. The van der Waals surface area contributed by atoms with Crippen LogP contribution in [0.1, 0.15) is 6.42 Å². The Bertz CT molecular complexity index is 158. The molecule has 1 N–H and O–H groups in total. The van der Waals surface area contributed by atoms with Crippen molar-refractivity contribution in [1.82, 2.24) is 10.2 Å². The normalized spacial score (nSPS) is 28.2. The summed E-state index contributed by atoms with van der Waals surface area (Å²) < 4.78 is 0. The molecular weight excluding hydrogens is 186 g/mol. The predicted molar refractivity (Wildman–Crippen MR) is 59.6 cm³/mol. The van der Waals surface area contributed by atoms with Crippen molar-refractivity contribution in [3.8, 4) is 0 Å². The molecule has 1 spiro atoms. The molecule has 2 aliphatic rings. The Morgan fingerprint density at radius 3 is 2.67 bits per heavy atom. The van der Waals surface area contributed by atoms with Crippen molar-refractivity contribution in [3.63, 3.8) is 0 Å². The minimum absolute atomic E-state index is 0.664. The lowest BCUT2D eigenvalue weighted by atomic mass is 9.79. The van der Waals surface area contributed by atoms with E-state index >= 15 is 0 Å². The fraction of sp³-hybridized carbons (Fsp3) is 1.00. The first kappa shape index (κ1) is 9.34. The van der Waals surface area contributed by atoms with Gasteiger partial charge >= 0.3 is 0 Å². The van der Waals surface area contributed by atoms with Crippen LogP contribution in [0.5, 0.6) is 0 Å². The van der Waals surface area contributed by atoms with Crippen molar-refractivity contribution in [3.05, 3.63) is 0 Å². The van der Waals surface area contributed by atoms with Crippen molar-refractivity contribution >= 4 is 18.5 Å². The number of rotatable bonds is 2. The Labute approximate surface area is 79.3 Å². The molecule has 0 aromatic heterocycles. The van der Waals surface area contributed by atoms with E-state index in [2.05, 4.69) is 28.7 Å². The molecule has 0 aromatic carbocycles. The molecule has 2 fully saturated rings. The van der Waals surface area contributed by atoms with Gasteiger partial charge < -0.3 is 10.2 Å². The van der Waals surface area contributed by atoms with Gasteiger partial charge in [-0.05, 0) is 13.0 Å². The Balaban J connectivity index is 1.75. The molecule has 12 heavy (non-hydrogen) atoms. The van der Waals surface area contributed by atoms with Crippen LogP contribution in [0, 0.1) is 5.41 Å². The van der Waals surface area contributed by atoms with Crippen LogP contribution in [0.15, 0.2) is 0 Å². The third-order valence-electron chi connectivity index (χ3n) is 2.92. The smallest absolute Gasteiger partial charge is 0.00943 e. The van der Waals surface area contributed by atoms with Gasteiger partial charge in [0.2, 0.25) is 0 Å². The van der Waals surface area contributed by atoms with Gasteiger partial charge in [-0.3, -0.25) is 0 Å². The summed E-state index contributed by atoms with van der Waals surface area (Å²) in [5, 5.41) is 4.12. The van der Waals surface area contributed by atoms with Gasteiger partial charge in [-0.15, -0.1) is 18.5 Å². The summed E-state index contributed by atoms with van der Waals surface area (Å²) in [7, 11) is 5.68. The van der Waals surface area contributed by atoms with Crippen LogP contribution in [0.25, 0.3) is 0 Å². The third-order valence-corrected chi connectivity index (χ3v) is 3.34. The summed E-state index contributed by atoms with van der Waals surface area (Å²) >= 11 is 0. The SMILES string of the molecule is PC(P)CN1CC2(CCNC2)C1. The molecule has 0 saturated carbocycles. The van der Waals surface area contributed by atoms with Crippen molar-refractivity contribution in [1.29, 1.82) is 0 Å². The molecule has 2 saturated heterocycles. The lowest BCUT2D eigenvalue weighted by Crippen LogP contribution is -2.58. The van der Waals surface area contributed by atoms with E-state index in [1.165, 1.54) is 39.1 Å². The van der Waals surface area contributed by atoms with E-state index in [0.29, 0.717) is 10.8 Å². The summed E-state index contributed by atoms with van der Waals surface area (Å²) in [6.45, 7) is 6.34. The highest BCUT2D eigenvalue weighted by Gasteiger charge is 2.44. The van der Waals surface area contributed by atoms with Gasteiger partial charge in [-0.1, -0.05) is 0 Å². The molecule has 0 bridgehead atoms. The second-order valence-corrected chi connectivity index (χ2v) is 6.74. The number of hydrogen-bond donors (Lipinski definition) is 1. The number of hydrogen-bond acceptors (Lipinski definition) is 2. The molecule has 2 atom stereocenters. The molecule has 0 radical (unpaired) electrons. The second kappa shape index (κ2) is 3.50. The molecule has 2 nitrogen and oxygen atoms in total. The summed E-state index contributed by atoms with van der Waals surface area (Å²) in [6, 6.07) is 0. The van der Waals surface area contributed by atoms with E-state index < -0.39 is 0 Å². The minimum atomic E-state index is 0.664. The Hall–Kier alpha value is 0.780. The third kappa shape index (κ3) is 1.82. The monoisotopic (exact) mass is 204 g/mol.